The number of aliphatic hydroxyl groups is 1. The van der Waals surface area contributed by atoms with Crippen LogP contribution in [0.2, 0.25) is 0 Å². The number of carbonyl (C=O) groups excluding carboxylic acids is 2. The minimum Gasteiger partial charge on any atom is -0.507 e. The number of aliphatic hydroxyl groups excluding tert-OH is 1. The maximum Gasteiger partial charge on any atom is 0.295 e. The molecule has 0 radical (unpaired) electrons. The zero-order valence-corrected chi connectivity index (χ0v) is 20.5. The number of methoxy groups -OCH3 is 1. The van der Waals surface area contributed by atoms with E-state index in [1.807, 2.05) is 0 Å². The van der Waals surface area contributed by atoms with Gasteiger partial charge in [0.25, 0.3) is 11.7 Å². The largest absolute Gasteiger partial charge is 0.507 e. The molecule has 4 rings (SSSR count). The lowest BCUT2D eigenvalue weighted by molar-refractivity contribution is -0.140. The normalized spacial score (nSPS) is 20.7. The van der Waals surface area contributed by atoms with Gasteiger partial charge in [0.05, 0.1) is 29.7 Å². The van der Waals surface area contributed by atoms with E-state index < -0.39 is 39.3 Å². The number of Topliss-reactive ketones (excluding diaryl/α,β-unsaturated/α-hetero) is 1. The number of ketones is 1. The fourth-order valence-electron chi connectivity index (χ4n) is 4.39. The van der Waals surface area contributed by atoms with E-state index in [1.54, 1.807) is 6.07 Å². The highest BCUT2D eigenvalue weighted by atomic mass is 32.2. The first-order chi connectivity index (χ1) is 17.3. The van der Waals surface area contributed by atoms with Gasteiger partial charge in [0.15, 0.2) is 0 Å². The van der Waals surface area contributed by atoms with Crippen LogP contribution in [0.4, 0.5) is 4.39 Å². The van der Waals surface area contributed by atoms with Gasteiger partial charge in [0, 0.05) is 44.5 Å². The smallest absolute Gasteiger partial charge is 0.295 e. The van der Waals surface area contributed by atoms with Gasteiger partial charge in [-0.15, -0.1) is 0 Å². The summed E-state index contributed by atoms with van der Waals surface area (Å²) in [5.41, 5.74) is -0.0550. The molecule has 192 valence electrons. The van der Waals surface area contributed by atoms with Crippen LogP contribution in [0.3, 0.4) is 0 Å². The summed E-state index contributed by atoms with van der Waals surface area (Å²) in [4.78, 5) is 27.1. The molecule has 36 heavy (non-hydrogen) atoms. The highest BCUT2D eigenvalue weighted by Crippen LogP contribution is 2.40. The van der Waals surface area contributed by atoms with Crippen molar-refractivity contribution >= 4 is 27.5 Å². The van der Waals surface area contributed by atoms with Crippen molar-refractivity contribution in [3.63, 3.8) is 0 Å². The summed E-state index contributed by atoms with van der Waals surface area (Å²) in [6.07, 6.45) is 0.405. The van der Waals surface area contributed by atoms with E-state index in [-0.39, 0.29) is 41.2 Å². The highest BCUT2D eigenvalue weighted by Gasteiger charge is 2.46. The van der Waals surface area contributed by atoms with Crippen molar-refractivity contribution < 1.29 is 37.0 Å². The second-order valence-electron chi connectivity index (χ2n) is 8.40. The molecule has 0 unspecified atom stereocenters. The van der Waals surface area contributed by atoms with Gasteiger partial charge < -0.3 is 19.5 Å². The molecular weight excluding hydrogens is 491 g/mol. The molecule has 2 fully saturated rings. The number of ether oxygens (including phenoxy) is 2. The lowest BCUT2D eigenvalue weighted by atomic mass is 9.95. The molecular formula is C25H27FN2O7S. The molecule has 0 spiro atoms. The first kappa shape index (κ1) is 26.0. The number of morpholine rings is 1. The Kier molecular flexibility index (Phi) is 7.84. The number of hydrogen-bond donors (Lipinski definition) is 1. The Balaban J connectivity index is 1.73. The molecule has 2 saturated heterocycles. The molecule has 2 aliphatic rings. The average molecular weight is 519 g/mol. The molecule has 2 heterocycles. The van der Waals surface area contributed by atoms with E-state index in [0.29, 0.717) is 26.2 Å². The van der Waals surface area contributed by atoms with Crippen molar-refractivity contribution in [2.45, 2.75) is 17.4 Å². The number of hydrogen-bond acceptors (Lipinski definition) is 7. The van der Waals surface area contributed by atoms with Gasteiger partial charge in [-0.3, -0.25) is 9.59 Å². The first-order valence-corrected chi connectivity index (χ1v) is 12.9. The molecule has 11 heteroatoms. The molecule has 2 aliphatic heterocycles. The monoisotopic (exact) mass is 518 g/mol. The van der Waals surface area contributed by atoms with E-state index in [9.17, 15) is 27.5 Å². The number of amides is 1. The van der Waals surface area contributed by atoms with Crippen molar-refractivity contribution in [1.82, 2.24) is 9.21 Å². The Bertz CT molecular complexity index is 1270. The van der Waals surface area contributed by atoms with Gasteiger partial charge >= 0.3 is 0 Å². The summed E-state index contributed by atoms with van der Waals surface area (Å²) in [5, 5.41) is 11.1. The van der Waals surface area contributed by atoms with Crippen LogP contribution in [0.1, 0.15) is 23.6 Å². The van der Waals surface area contributed by atoms with Gasteiger partial charge in [-0.2, -0.15) is 4.31 Å². The van der Waals surface area contributed by atoms with Crippen LogP contribution in [0.15, 0.2) is 59.0 Å². The van der Waals surface area contributed by atoms with Crippen molar-refractivity contribution in [3.05, 3.63) is 71.0 Å². The Labute approximate surface area is 208 Å². The summed E-state index contributed by atoms with van der Waals surface area (Å²) in [6, 6.07) is 9.98. The fourth-order valence-corrected chi connectivity index (χ4v) is 5.79. The minimum atomic E-state index is -3.76. The molecule has 0 aromatic heterocycles. The van der Waals surface area contributed by atoms with Crippen LogP contribution < -0.4 is 0 Å². The van der Waals surface area contributed by atoms with Crippen LogP contribution in [-0.2, 0) is 29.1 Å². The summed E-state index contributed by atoms with van der Waals surface area (Å²) in [7, 11) is -2.25. The Morgan fingerprint density at radius 2 is 1.78 bits per heavy atom. The minimum absolute atomic E-state index is 0.0200. The van der Waals surface area contributed by atoms with Gasteiger partial charge in [-0.05, 0) is 36.8 Å². The molecule has 0 saturated carbocycles. The molecule has 2 aromatic rings. The number of sulfonamides is 1. The summed E-state index contributed by atoms with van der Waals surface area (Å²) in [6.45, 7) is 1.52. The van der Waals surface area contributed by atoms with Crippen molar-refractivity contribution in [3.8, 4) is 0 Å². The predicted molar refractivity (Wildman–Crippen MR) is 128 cm³/mol. The van der Waals surface area contributed by atoms with Crippen molar-refractivity contribution in [2.75, 3.05) is 46.6 Å². The Morgan fingerprint density at radius 3 is 2.42 bits per heavy atom. The molecule has 0 bridgehead atoms. The molecule has 9 nitrogen and oxygen atoms in total. The van der Waals surface area contributed by atoms with Crippen LogP contribution in [-0.4, -0.2) is 81.0 Å². The number of halogens is 1. The SMILES string of the molecule is COCCCN1C(=O)C(=O)/C(=C(/O)c2ccc(S(=O)(=O)N3CCOCC3)cc2)[C@H]1c1ccccc1F. The quantitative estimate of drug-likeness (QED) is 0.247. The maximum atomic E-state index is 14.8. The zero-order valence-electron chi connectivity index (χ0n) is 19.7. The zero-order chi connectivity index (χ0) is 25.9. The third kappa shape index (κ3) is 4.92. The van der Waals surface area contributed by atoms with Gasteiger partial charge in [-0.25, -0.2) is 12.8 Å². The standard InChI is InChI=1S/C25H27FN2O7S/c1-34-14-4-11-28-22(19-5-2-3-6-20(19)26)21(24(30)25(28)31)23(29)17-7-9-18(10-8-17)36(32,33)27-12-15-35-16-13-27/h2-3,5-10,22,29H,4,11-16H2,1H3/b23-21+/t22-/m1/s1. The second kappa shape index (κ2) is 10.9. The summed E-state index contributed by atoms with van der Waals surface area (Å²) in [5.74, 6) is -2.93. The summed E-state index contributed by atoms with van der Waals surface area (Å²) < 4.78 is 52.2. The highest BCUT2D eigenvalue weighted by molar-refractivity contribution is 7.89. The van der Waals surface area contributed by atoms with Crippen LogP contribution in [0.25, 0.3) is 5.76 Å². The summed E-state index contributed by atoms with van der Waals surface area (Å²) >= 11 is 0. The lowest BCUT2D eigenvalue weighted by Crippen LogP contribution is -2.40. The number of nitrogens with zero attached hydrogens (tertiary/aromatic N) is 2. The number of rotatable bonds is 8. The number of carbonyl (C=O) groups is 2. The first-order valence-electron chi connectivity index (χ1n) is 11.5. The molecule has 1 amide bonds. The molecule has 2 aromatic carbocycles. The topological polar surface area (TPSA) is 113 Å². The van der Waals surface area contributed by atoms with Gasteiger partial charge in [-0.1, -0.05) is 18.2 Å². The van der Waals surface area contributed by atoms with Crippen molar-refractivity contribution in [2.24, 2.45) is 0 Å². The van der Waals surface area contributed by atoms with E-state index in [4.69, 9.17) is 9.47 Å². The van der Waals surface area contributed by atoms with E-state index in [1.165, 1.54) is 58.8 Å². The Morgan fingerprint density at radius 1 is 1.11 bits per heavy atom. The van der Waals surface area contributed by atoms with E-state index in [2.05, 4.69) is 0 Å². The van der Waals surface area contributed by atoms with E-state index in [0.717, 1.165) is 0 Å². The third-order valence-corrected chi connectivity index (χ3v) is 8.14. The maximum absolute atomic E-state index is 14.8. The Hall–Kier alpha value is -3.12. The van der Waals surface area contributed by atoms with Gasteiger partial charge in [0.2, 0.25) is 10.0 Å². The lowest BCUT2D eigenvalue weighted by Gasteiger charge is -2.26. The molecule has 1 atom stereocenters. The average Bonchev–Trinajstić information content (AvgIpc) is 3.14. The third-order valence-electron chi connectivity index (χ3n) is 6.22. The van der Waals surface area contributed by atoms with Crippen molar-refractivity contribution in [1.29, 1.82) is 0 Å². The number of likely N-dealkylation sites (tertiary alicyclic amines) is 1. The second-order valence-corrected chi connectivity index (χ2v) is 10.3. The number of benzene rings is 2. The van der Waals surface area contributed by atoms with E-state index >= 15 is 0 Å². The molecule has 1 N–H and O–H groups in total. The fraction of sp³-hybridized carbons (Fsp3) is 0.360. The van der Waals surface area contributed by atoms with Crippen LogP contribution in [0, 0.1) is 5.82 Å². The van der Waals surface area contributed by atoms with Crippen LogP contribution >= 0.6 is 0 Å². The molecule has 0 aliphatic carbocycles. The van der Waals surface area contributed by atoms with Crippen LogP contribution in [0.5, 0.6) is 0 Å². The van der Waals surface area contributed by atoms with Gasteiger partial charge in [0.1, 0.15) is 11.6 Å². The predicted octanol–water partition coefficient (Wildman–Crippen LogP) is 2.30.